The molecule has 0 bridgehead atoms. The minimum atomic E-state index is -0.460. The SMILES string of the molecule is CCCCCCCCCCCCc1c(O)cc(C(=O)c2ccccc2)c(O)c1O. The Balaban J connectivity index is 1.85. The molecular formula is C25H34O4. The number of rotatable bonds is 13. The second kappa shape index (κ2) is 12.2. The third-order valence-electron chi connectivity index (χ3n) is 5.42. The van der Waals surface area contributed by atoms with E-state index in [1.165, 1.54) is 51.0 Å². The van der Waals surface area contributed by atoms with E-state index < -0.39 is 11.5 Å². The molecule has 2 aromatic rings. The largest absolute Gasteiger partial charge is 0.508 e. The molecule has 0 heterocycles. The van der Waals surface area contributed by atoms with Gasteiger partial charge in [0.2, 0.25) is 0 Å². The Kier molecular flexibility index (Phi) is 9.55. The Morgan fingerprint density at radius 2 is 1.31 bits per heavy atom. The van der Waals surface area contributed by atoms with Crippen molar-refractivity contribution in [3.05, 3.63) is 53.1 Å². The van der Waals surface area contributed by atoms with Crippen LogP contribution in [0.1, 0.15) is 92.6 Å². The van der Waals surface area contributed by atoms with Crippen molar-refractivity contribution in [2.75, 3.05) is 0 Å². The summed E-state index contributed by atoms with van der Waals surface area (Å²) in [7, 11) is 0. The van der Waals surface area contributed by atoms with Gasteiger partial charge in [-0.05, 0) is 18.9 Å². The van der Waals surface area contributed by atoms with Gasteiger partial charge >= 0.3 is 0 Å². The lowest BCUT2D eigenvalue weighted by atomic mass is 9.96. The van der Waals surface area contributed by atoms with E-state index in [2.05, 4.69) is 6.92 Å². The van der Waals surface area contributed by atoms with Crippen molar-refractivity contribution in [2.24, 2.45) is 0 Å². The maximum absolute atomic E-state index is 12.5. The van der Waals surface area contributed by atoms with E-state index in [-0.39, 0.29) is 17.1 Å². The predicted octanol–water partition coefficient (Wildman–Crippen LogP) is 6.50. The molecule has 29 heavy (non-hydrogen) atoms. The van der Waals surface area contributed by atoms with Crippen LogP contribution in [0.15, 0.2) is 36.4 Å². The van der Waals surface area contributed by atoms with Crippen LogP contribution in [0.2, 0.25) is 0 Å². The molecule has 4 nitrogen and oxygen atoms in total. The zero-order valence-electron chi connectivity index (χ0n) is 17.5. The molecule has 2 aromatic carbocycles. The van der Waals surface area contributed by atoms with Gasteiger partial charge in [0.15, 0.2) is 17.3 Å². The van der Waals surface area contributed by atoms with Gasteiger partial charge in [-0.15, -0.1) is 0 Å². The molecule has 0 fully saturated rings. The van der Waals surface area contributed by atoms with E-state index in [0.29, 0.717) is 17.5 Å². The summed E-state index contributed by atoms with van der Waals surface area (Å²) in [6.07, 6.45) is 12.5. The molecule has 158 valence electrons. The van der Waals surface area contributed by atoms with Crippen molar-refractivity contribution in [3.8, 4) is 17.2 Å². The second-order valence-corrected chi connectivity index (χ2v) is 7.75. The predicted molar refractivity (Wildman–Crippen MR) is 117 cm³/mol. The summed E-state index contributed by atoms with van der Waals surface area (Å²) in [6, 6.07) is 9.77. The minimum Gasteiger partial charge on any atom is -0.508 e. The van der Waals surface area contributed by atoms with Gasteiger partial charge in [-0.25, -0.2) is 0 Å². The Labute approximate surface area is 174 Å². The van der Waals surface area contributed by atoms with Gasteiger partial charge in [-0.3, -0.25) is 4.79 Å². The van der Waals surface area contributed by atoms with Crippen LogP contribution < -0.4 is 0 Å². The molecule has 0 atom stereocenters. The number of phenolic OH excluding ortho intramolecular Hbond substituents is 3. The minimum absolute atomic E-state index is 0.0852. The van der Waals surface area contributed by atoms with Gasteiger partial charge in [-0.1, -0.05) is 95.0 Å². The Hall–Kier alpha value is -2.49. The summed E-state index contributed by atoms with van der Waals surface area (Å²) < 4.78 is 0. The number of unbranched alkanes of at least 4 members (excludes halogenated alkanes) is 9. The van der Waals surface area contributed by atoms with Crippen molar-refractivity contribution in [1.82, 2.24) is 0 Å². The highest BCUT2D eigenvalue weighted by Gasteiger charge is 2.21. The number of ketones is 1. The lowest BCUT2D eigenvalue weighted by Crippen LogP contribution is -2.03. The summed E-state index contributed by atoms with van der Waals surface area (Å²) in [4.78, 5) is 12.5. The van der Waals surface area contributed by atoms with Crippen LogP contribution in [0.25, 0.3) is 0 Å². The fourth-order valence-electron chi connectivity index (χ4n) is 3.64. The maximum atomic E-state index is 12.5. The molecule has 4 heteroatoms. The number of aromatic hydroxyl groups is 3. The van der Waals surface area contributed by atoms with Crippen LogP contribution in [0.4, 0.5) is 0 Å². The van der Waals surface area contributed by atoms with Crippen LogP contribution in [0.3, 0.4) is 0 Å². The molecule has 3 N–H and O–H groups in total. The zero-order valence-corrected chi connectivity index (χ0v) is 17.5. The highest BCUT2D eigenvalue weighted by atomic mass is 16.3. The summed E-state index contributed by atoms with van der Waals surface area (Å²) in [5, 5.41) is 31.0. The zero-order chi connectivity index (χ0) is 21.1. The quantitative estimate of drug-likeness (QED) is 0.156. The summed E-state index contributed by atoms with van der Waals surface area (Å²) in [6.45, 7) is 2.23. The molecule has 0 aromatic heterocycles. The molecule has 2 rings (SSSR count). The van der Waals surface area contributed by atoms with Crippen LogP contribution in [-0.2, 0) is 6.42 Å². The molecule has 0 aliphatic carbocycles. The third-order valence-corrected chi connectivity index (χ3v) is 5.42. The van der Waals surface area contributed by atoms with E-state index >= 15 is 0 Å². The van der Waals surface area contributed by atoms with Crippen molar-refractivity contribution in [1.29, 1.82) is 0 Å². The highest BCUT2D eigenvalue weighted by Crippen LogP contribution is 2.40. The van der Waals surface area contributed by atoms with Gasteiger partial charge in [0.25, 0.3) is 0 Å². The van der Waals surface area contributed by atoms with Crippen LogP contribution in [0, 0.1) is 0 Å². The first-order valence-corrected chi connectivity index (χ1v) is 10.9. The molecule has 0 aliphatic rings. The van der Waals surface area contributed by atoms with Gasteiger partial charge in [0.1, 0.15) is 5.75 Å². The lowest BCUT2D eigenvalue weighted by molar-refractivity contribution is 0.103. The topological polar surface area (TPSA) is 77.8 Å². The third kappa shape index (κ3) is 6.81. The molecular weight excluding hydrogens is 364 g/mol. The molecule has 0 aliphatic heterocycles. The van der Waals surface area contributed by atoms with Gasteiger partial charge < -0.3 is 15.3 Å². The van der Waals surface area contributed by atoms with E-state index in [0.717, 1.165) is 19.3 Å². The fourth-order valence-corrected chi connectivity index (χ4v) is 3.64. The average Bonchev–Trinajstić information content (AvgIpc) is 2.74. The Morgan fingerprint density at radius 1 is 0.759 bits per heavy atom. The first-order chi connectivity index (χ1) is 14.1. The first-order valence-electron chi connectivity index (χ1n) is 10.9. The summed E-state index contributed by atoms with van der Waals surface area (Å²) in [5.74, 6) is -1.42. The maximum Gasteiger partial charge on any atom is 0.197 e. The molecule has 0 saturated carbocycles. The fraction of sp³-hybridized carbons (Fsp3) is 0.480. The molecule has 0 unspecified atom stereocenters. The van der Waals surface area contributed by atoms with Crippen LogP contribution in [-0.4, -0.2) is 21.1 Å². The average molecular weight is 399 g/mol. The molecule has 0 saturated heterocycles. The van der Waals surface area contributed by atoms with Gasteiger partial charge in [0, 0.05) is 11.1 Å². The standard InChI is InChI=1S/C25H34O4/c1-2-3-4-5-6-7-8-9-10-14-17-20-22(26)18-21(25(29)24(20)28)23(27)19-15-12-11-13-16-19/h11-13,15-16,18,26,28-29H,2-10,14,17H2,1H3. The van der Waals surface area contributed by atoms with Crippen molar-refractivity contribution in [3.63, 3.8) is 0 Å². The first kappa shape index (κ1) is 22.8. The van der Waals surface area contributed by atoms with Crippen LogP contribution >= 0.6 is 0 Å². The normalized spacial score (nSPS) is 10.9. The van der Waals surface area contributed by atoms with E-state index in [1.807, 2.05) is 0 Å². The van der Waals surface area contributed by atoms with Gasteiger partial charge in [-0.2, -0.15) is 0 Å². The number of benzene rings is 2. The second-order valence-electron chi connectivity index (χ2n) is 7.75. The number of carbonyl (C=O) groups excluding carboxylic acids is 1. The monoisotopic (exact) mass is 398 g/mol. The van der Waals surface area contributed by atoms with E-state index in [1.54, 1.807) is 30.3 Å². The smallest absolute Gasteiger partial charge is 0.197 e. The van der Waals surface area contributed by atoms with Gasteiger partial charge in [0.05, 0.1) is 5.56 Å². The number of phenols is 3. The Morgan fingerprint density at radius 3 is 1.90 bits per heavy atom. The summed E-state index contributed by atoms with van der Waals surface area (Å²) >= 11 is 0. The molecule has 0 amide bonds. The number of hydrogen-bond donors (Lipinski definition) is 3. The lowest BCUT2D eigenvalue weighted by Gasteiger charge is -2.12. The summed E-state index contributed by atoms with van der Waals surface area (Å²) in [5.41, 5.74) is 0.619. The van der Waals surface area contributed by atoms with Crippen molar-refractivity contribution >= 4 is 5.78 Å². The van der Waals surface area contributed by atoms with E-state index in [9.17, 15) is 20.1 Å². The highest BCUT2D eigenvalue weighted by molar-refractivity contribution is 6.11. The van der Waals surface area contributed by atoms with Crippen molar-refractivity contribution < 1.29 is 20.1 Å². The Bertz CT molecular complexity index is 768. The number of carbonyl (C=O) groups is 1. The molecule has 0 radical (unpaired) electrons. The van der Waals surface area contributed by atoms with E-state index in [4.69, 9.17) is 0 Å². The number of hydrogen-bond acceptors (Lipinski definition) is 4. The van der Waals surface area contributed by atoms with Crippen LogP contribution in [0.5, 0.6) is 17.2 Å². The van der Waals surface area contributed by atoms with Crippen molar-refractivity contribution in [2.45, 2.75) is 77.6 Å². The molecule has 0 spiro atoms.